The lowest BCUT2D eigenvalue weighted by atomic mass is 10.0. The minimum Gasteiger partial charge on any atom is -0.338 e. The first-order valence-electron chi connectivity index (χ1n) is 9.01. The van der Waals surface area contributed by atoms with Gasteiger partial charge in [0, 0.05) is 37.9 Å². The molecule has 2 atom stereocenters. The molecular formula is C21H25N3O2S. The summed E-state index contributed by atoms with van der Waals surface area (Å²) in [6.45, 7) is 1.91. The summed E-state index contributed by atoms with van der Waals surface area (Å²) >= 11 is 0. The van der Waals surface area contributed by atoms with Crippen LogP contribution in [-0.4, -0.2) is 29.8 Å². The minimum atomic E-state index is -3.34. The molecule has 0 fully saturated rings. The van der Waals surface area contributed by atoms with E-state index in [0.717, 1.165) is 11.4 Å². The lowest BCUT2D eigenvalue weighted by molar-refractivity contribution is 0.460. The van der Waals surface area contributed by atoms with Gasteiger partial charge in [-0.25, -0.2) is 13.4 Å². The fraction of sp³-hybridized carbons (Fsp3) is 0.286. The Morgan fingerprint density at radius 3 is 2.26 bits per heavy atom. The van der Waals surface area contributed by atoms with E-state index in [4.69, 9.17) is 0 Å². The molecule has 0 unspecified atom stereocenters. The second-order valence-electron chi connectivity index (χ2n) is 6.78. The molecule has 0 saturated carbocycles. The number of imidazole rings is 1. The van der Waals surface area contributed by atoms with Crippen molar-refractivity contribution < 1.29 is 8.42 Å². The molecule has 0 aliphatic heterocycles. The number of hydrogen-bond donors (Lipinski definition) is 1. The SMILES string of the molecule is C[C@@H](CS(=O)(=O)c1ccccc1)N[C@H](Cc1nccn1C)c1ccccc1. The average molecular weight is 384 g/mol. The number of aromatic nitrogens is 2. The third kappa shape index (κ3) is 5.05. The smallest absolute Gasteiger partial charge is 0.179 e. The lowest BCUT2D eigenvalue weighted by Crippen LogP contribution is -2.37. The fourth-order valence-corrected chi connectivity index (χ4v) is 4.70. The Morgan fingerprint density at radius 1 is 1.04 bits per heavy atom. The van der Waals surface area contributed by atoms with Crippen LogP contribution in [0.3, 0.4) is 0 Å². The number of hydrogen-bond acceptors (Lipinski definition) is 4. The molecule has 0 radical (unpaired) electrons. The van der Waals surface area contributed by atoms with Crippen LogP contribution in [0.2, 0.25) is 0 Å². The van der Waals surface area contributed by atoms with Crippen molar-refractivity contribution in [3.05, 3.63) is 84.4 Å². The van der Waals surface area contributed by atoms with E-state index in [1.807, 2.05) is 49.0 Å². The van der Waals surface area contributed by atoms with E-state index >= 15 is 0 Å². The standard InChI is InChI=1S/C21H25N3O2S/c1-17(16-27(25,26)19-11-7-4-8-12-19)23-20(18-9-5-3-6-10-18)15-21-22-13-14-24(21)2/h3-14,17,20,23H,15-16H2,1-2H3/t17-,20+/m0/s1. The molecule has 0 spiro atoms. The molecule has 1 aromatic heterocycles. The van der Waals surface area contributed by atoms with Gasteiger partial charge in [-0.1, -0.05) is 48.5 Å². The molecule has 27 heavy (non-hydrogen) atoms. The van der Waals surface area contributed by atoms with Gasteiger partial charge in [-0.05, 0) is 24.6 Å². The number of rotatable bonds is 8. The molecule has 0 saturated heterocycles. The largest absolute Gasteiger partial charge is 0.338 e. The van der Waals surface area contributed by atoms with Crippen molar-refractivity contribution in [1.82, 2.24) is 14.9 Å². The highest BCUT2D eigenvalue weighted by Gasteiger charge is 2.22. The summed E-state index contributed by atoms with van der Waals surface area (Å²) in [4.78, 5) is 4.78. The molecule has 0 aliphatic carbocycles. The van der Waals surface area contributed by atoms with Crippen molar-refractivity contribution in [2.24, 2.45) is 7.05 Å². The van der Waals surface area contributed by atoms with E-state index in [1.54, 1.807) is 30.5 Å². The zero-order chi connectivity index (χ0) is 19.3. The molecular weight excluding hydrogens is 358 g/mol. The van der Waals surface area contributed by atoms with Gasteiger partial charge in [0.15, 0.2) is 9.84 Å². The zero-order valence-electron chi connectivity index (χ0n) is 15.6. The van der Waals surface area contributed by atoms with Crippen LogP contribution in [0.5, 0.6) is 0 Å². The van der Waals surface area contributed by atoms with Crippen molar-refractivity contribution >= 4 is 9.84 Å². The van der Waals surface area contributed by atoms with Crippen LogP contribution in [0.25, 0.3) is 0 Å². The first-order chi connectivity index (χ1) is 13.0. The summed E-state index contributed by atoms with van der Waals surface area (Å²) < 4.78 is 27.3. The fourth-order valence-electron chi connectivity index (χ4n) is 3.18. The second kappa shape index (κ2) is 8.50. The summed E-state index contributed by atoms with van der Waals surface area (Å²) in [6, 6.07) is 18.4. The van der Waals surface area contributed by atoms with Crippen LogP contribution in [0, 0.1) is 0 Å². The Balaban J connectivity index is 1.76. The first kappa shape index (κ1) is 19.3. The number of aryl methyl sites for hydroxylation is 1. The van der Waals surface area contributed by atoms with Crippen molar-refractivity contribution in [3.8, 4) is 0 Å². The van der Waals surface area contributed by atoms with Gasteiger partial charge in [0.2, 0.25) is 0 Å². The van der Waals surface area contributed by atoms with Crippen molar-refractivity contribution in [1.29, 1.82) is 0 Å². The predicted molar refractivity (Wildman–Crippen MR) is 107 cm³/mol. The molecule has 142 valence electrons. The topological polar surface area (TPSA) is 64.0 Å². The maximum absolute atomic E-state index is 12.7. The van der Waals surface area contributed by atoms with Gasteiger partial charge in [-0.15, -0.1) is 0 Å². The third-order valence-corrected chi connectivity index (χ3v) is 6.50. The Hall–Kier alpha value is -2.44. The summed E-state index contributed by atoms with van der Waals surface area (Å²) in [6.07, 6.45) is 4.38. The highest BCUT2D eigenvalue weighted by molar-refractivity contribution is 7.91. The lowest BCUT2D eigenvalue weighted by Gasteiger charge is -2.24. The van der Waals surface area contributed by atoms with E-state index in [1.165, 1.54) is 0 Å². The van der Waals surface area contributed by atoms with Gasteiger partial charge in [0.25, 0.3) is 0 Å². The maximum atomic E-state index is 12.7. The van der Waals surface area contributed by atoms with Gasteiger partial charge in [-0.2, -0.15) is 0 Å². The van der Waals surface area contributed by atoms with Gasteiger partial charge >= 0.3 is 0 Å². The van der Waals surface area contributed by atoms with Gasteiger partial charge in [-0.3, -0.25) is 0 Å². The van der Waals surface area contributed by atoms with Crippen LogP contribution in [0.1, 0.15) is 24.4 Å². The van der Waals surface area contributed by atoms with Crippen molar-refractivity contribution in [2.45, 2.75) is 30.3 Å². The molecule has 1 N–H and O–H groups in total. The van der Waals surface area contributed by atoms with Gasteiger partial charge in [0.05, 0.1) is 10.6 Å². The van der Waals surface area contributed by atoms with Crippen LogP contribution in [0.15, 0.2) is 78.0 Å². The number of sulfone groups is 1. The van der Waals surface area contributed by atoms with Crippen LogP contribution < -0.4 is 5.32 Å². The Labute approximate surface area is 161 Å². The zero-order valence-corrected chi connectivity index (χ0v) is 16.4. The summed E-state index contributed by atoms with van der Waals surface area (Å²) in [5, 5.41) is 3.49. The second-order valence-corrected chi connectivity index (χ2v) is 8.82. The molecule has 0 aliphatic rings. The predicted octanol–water partition coefficient (Wildman–Crippen LogP) is 3.16. The highest BCUT2D eigenvalue weighted by atomic mass is 32.2. The summed E-state index contributed by atoms with van der Waals surface area (Å²) in [5.74, 6) is 0.996. The Morgan fingerprint density at radius 2 is 1.67 bits per heavy atom. The molecule has 0 amide bonds. The Bertz CT molecular complexity index is 953. The van der Waals surface area contributed by atoms with Crippen LogP contribution >= 0.6 is 0 Å². The van der Waals surface area contributed by atoms with Gasteiger partial charge in [0.1, 0.15) is 5.82 Å². The van der Waals surface area contributed by atoms with E-state index < -0.39 is 9.84 Å². The monoisotopic (exact) mass is 383 g/mol. The molecule has 1 heterocycles. The first-order valence-corrected chi connectivity index (χ1v) is 10.7. The minimum absolute atomic E-state index is 0.0201. The van der Waals surface area contributed by atoms with Gasteiger partial charge < -0.3 is 9.88 Å². The highest BCUT2D eigenvalue weighted by Crippen LogP contribution is 2.19. The van der Waals surface area contributed by atoms with Crippen molar-refractivity contribution in [3.63, 3.8) is 0 Å². The van der Waals surface area contributed by atoms with E-state index in [2.05, 4.69) is 22.4 Å². The molecule has 6 heteroatoms. The van der Waals surface area contributed by atoms with Crippen LogP contribution in [-0.2, 0) is 23.3 Å². The number of benzene rings is 2. The molecule has 3 aromatic rings. The van der Waals surface area contributed by atoms with Crippen LogP contribution in [0.4, 0.5) is 0 Å². The quantitative estimate of drug-likeness (QED) is 0.649. The summed E-state index contributed by atoms with van der Waals surface area (Å²) in [7, 11) is -1.37. The van der Waals surface area contributed by atoms with E-state index in [9.17, 15) is 8.42 Å². The number of nitrogens with one attached hydrogen (secondary N) is 1. The maximum Gasteiger partial charge on any atom is 0.179 e. The van der Waals surface area contributed by atoms with E-state index in [0.29, 0.717) is 11.3 Å². The Kier molecular flexibility index (Phi) is 6.08. The normalized spacial score (nSPS) is 14.0. The number of nitrogens with zero attached hydrogens (tertiary/aromatic N) is 2. The van der Waals surface area contributed by atoms with Crippen molar-refractivity contribution in [2.75, 3.05) is 5.75 Å². The molecule has 3 rings (SSSR count). The third-order valence-electron chi connectivity index (χ3n) is 4.57. The average Bonchev–Trinajstić information content (AvgIpc) is 3.07. The molecule has 5 nitrogen and oxygen atoms in total. The van der Waals surface area contributed by atoms with E-state index in [-0.39, 0.29) is 17.8 Å². The molecule has 2 aromatic carbocycles. The molecule has 0 bridgehead atoms. The summed E-state index contributed by atoms with van der Waals surface area (Å²) in [5.41, 5.74) is 1.12.